The van der Waals surface area contributed by atoms with Gasteiger partial charge in [-0.15, -0.1) is 0 Å². The molecule has 6 nitrogen and oxygen atoms in total. The average molecular weight is 296 g/mol. The van der Waals surface area contributed by atoms with Crippen molar-refractivity contribution in [3.63, 3.8) is 0 Å². The maximum atomic E-state index is 12.1. The fourth-order valence-corrected chi connectivity index (χ4v) is 2.21. The summed E-state index contributed by atoms with van der Waals surface area (Å²) in [5.74, 6) is 0.140. The summed E-state index contributed by atoms with van der Waals surface area (Å²) in [6.45, 7) is 3.77. The summed E-state index contributed by atoms with van der Waals surface area (Å²) < 4.78 is 6.88. The predicted octanol–water partition coefficient (Wildman–Crippen LogP) is 2.66. The van der Waals surface area contributed by atoms with Crippen LogP contribution in [0, 0.1) is 6.92 Å². The largest absolute Gasteiger partial charge is 0.459 e. The molecular weight excluding hydrogens is 280 g/mol. The molecule has 3 aromatic rings. The Labute approximate surface area is 127 Å². The molecule has 0 radical (unpaired) electrons. The monoisotopic (exact) mass is 296 g/mol. The Hall–Kier alpha value is -2.89. The molecule has 0 fully saturated rings. The van der Waals surface area contributed by atoms with Crippen LogP contribution in [0.5, 0.6) is 0 Å². The number of nitrogens with zero attached hydrogens (tertiary/aromatic N) is 3. The van der Waals surface area contributed by atoms with Gasteiger partial charge < -0.3 is 9.73 Å². The van der Waals surface area contributed by atoms with Crippen molar-refractivity contribution in [3.8, 4) is 5.69 Å². The zero-order valence-corrected chi connectivity index (χ0v) is 12.4. The summed E-state index contributed by atoms with van der Waals surface area (Å²) >= 11 is 0. The number of carbonyl (C=O) groups excluding carboxylic acids is 1. The van der Waals surface area contributed by atoms with E-state index < -0.39 is 0 Å². The molecule has 1 atom stereocenters. The first kappa shape index (κ1) is 14.1. The maximum Gasteiger partial charge on any atom is 0.287 e. The summed E-state index contributed by atoms with van der Waals surface area (Å²) in [6.07, 6.45) is 4.64. The Kier molecular flexibility index (Phi) is 3.74. The van der Waals surface area contributed by atoms with E-state index in [4.69, 9.17) is 4.42 Å². The molecule has 0 bridgehead atoms. The first-order valence-electron chi connectivity index (χ1n) is 6.95. The standard InChI is InChI=1S/C16H16N4O2/c1-11-7-8-22-15(11)16(21)19-12(2)13-3-5-14(6-4-13)20-10-17-9-18-20/h3-10,12H,1-2H3,(H,19,21)/t12-/m0/s1. The Morgan fingerprint density at radius 3 is 2.64 bits per heavy atom. The van der Waals surface area contributed by atoms with E-state index in [9.17, 15) is 4.79 Å². The summed E-state index contributed by atoms with van der Waals surface area (Å²) in [5, 5.41) is 7.00. The van der Waals surface area contributed by atoms with E-state index in [2.05, 4.69) is 15.4 Å². The summed E-state index contributed by atoms with van der Waals surface area (Å²) in [4.78, 5) is 16.1. The lowest BCUT2D eigenvalue weighted by Gasteiger charge is -2.14. The molecule has 0 aliphatic heterocycles. The second-order valence-electron chi connectivity index (χ2n) is 5.06. The number of hydrogen-bond donors (Lipinski definition) is 1. The van der Waals surface area contributed by atoms with Crippen LogP contribution in [0.3, 0.4) is 0 Å². The van der Waals surface area contributed by atoms with Crippen molar-refractivity contribution < 1.29 is 9.21 Å². The van der Waals surface area contributed by atoms with Gasteiger partial charge in [0.25, 0.3) is 5.91 Å². The minimum absolute atomic E-state index is 0.123. The Bertz CT molecular complexity index is 760. The third-order valence-electron chi connectivity index (χ3n) is 3.49. The molecule has 0 spiro atoms. The molecule has 1 N–H and O–H groups in total. The van der Waals surface area contributed by atoms with Gasteiger partial charge in [0.1, 0.15) is 12.7 Å². The van der Waals surface area contributed by atoms with Crippen LogP contribution in [0.25, 0.3) is 5.69 Å². The lowest BCUT2D eigenvalue weighted by Crippen LogP contribution is -2.26. The summed E-state index contributed by atoms with van der Waals surface area (Å²) in [7, 11) is 0. The van der Waals surface area contributed by atoms with Gasteiger partial charge in [-0.3, -0.25) is 4.79 Å². The predicted molar refractivity (Wildman–Crippen MR) is 80.7 cm³/mol. The molecule has 1 aromatic carbocycles. The van der Waals surface area contributed by atoms with Gasteiger partial charge in [-0.25, -0.2) is 9.67 Å². The van der Waals surface area contributed by atoms with Crippen LogP contribution in [0.15, 0.2) is 53.7 Å². The highest BCUT2D eigenvalue weighted by molar-refractivity contribution is 5.93. The van der Waals surface area contributed by atoms with Crippen LogP contribution >= 0.6 is 0 Å². The van der Waals surface area contributed by atoms with Crippen molar-refractivity contribution in [1.29, 1.82) is 0 Å². The van der Waals surface area contributed by atoms with Gasteiger partial charge in [-0.2, -0.15) is 5.10 Å². The van der Waals surface area contributed by atoms with E-state index in [1.165, 1.54) is 12.6 Å². The van der Waals surface area contributed by atoms with Crippen molar-refractivity contribution in [2.45, 2.75) is 19.9 Å². The van der Waals surface area contributed by atoms with Crippen molar-refractivity contribution in [2.24, 2.45) is 0 Å². The molecule has 0 saturated carbocycles. The van der Waals surface area contributed by atoms with Gasteiger partial charge in [-0.1, -0.05) is 12.1 Å². The van der Waals surface area contributed by atoms with Crippen molar-refractivity contribution in [1.82, 2.24) is 20.1 Å². The topological polar surface area (TPSA) is 73.0 Å². The van der Waals surface area contributed by atoms with E-state index in [0.29, 0.717) is 5.76 Å². The molecule has 1 amide bonds. The van der Waals surface area contributed by atoms with Gasteiger partial charge in [0.05, 0.1) is 18.0 Å². The number of hydrogen-bond acceptors (Lipinski definition) is 4. The number of carbonyl (C=O) groups is 1. The van der Waals surface area contributed by atoms with Crippen LogP contribution in [0.1, 0.15) is 34.6 Å². The minimum Gasteiger partial charge on any atom is -0.459 e. The van der Waals surface area contributed by atoms with Crippen LogP contribution < -0.4 is 5.32 Å². The fourth-order valence-electron chi connectivity index (χ4n) is 2.21. The molecule has 3 rings (SSSR count). The molecular formula is C16H16N4O2. The van der Waals surface area contributed by atoms with Crippen LogP contribution in [-0.4, -0.2) is 20.7 Å². The lowest BCUT2D eigenvalue weighted by atomic mass is 10.1. The van der Waals surface area contributed by atoms with Crippen LogP contribution in [0.2, 0.25) is 0 Å². The number of aromatic nitrogens is 3. The molecule has 0 aliphatic carbocycles. The lowest BCUT2D eigenvalue weighted by molar-refractivity contribution is 0.0911. The van der Waals surface area contributed by atoms with Gasteiger partial charge in [0, 0.05) is 5.56 Å². The van der Waals surface area contributed by atoms with Gasteiger partial charge in [0.15, 0.2) is 5.76 Å². The van der Waals surface area contributed by atoms with Gasteiger partial charge >= 0.3 is 0 Å². The SMILES string of the molecule is Cc1ccoc1C(=O)N[C@@H](C)c1ccc(-n2cncn2)cc1. The minimum atomic E-state index is -0.213. The highest BCUT2D eigenvalue weighted by atomic mass is 16.3. The smallest absolute Gasteiger partial charge is 0.287 e. The molecule has 2 aromatic heterocycles. The first-order valence-corrected chi connectivity index (χ1v) is 6.95. The van der Waals surface area contributed by atoms with Crippen molar-refractivity contribution in [2.75, 3.05) is 0 Å². The number of nitrogens with one attached hydrogen (secondary N) is 1. The zero-order valence-electron chi connectivity index (χ0n) is 12.4. The molecule has 6 heteroatoms. The average Bonchev–Trinajstić information content (AvgIpc) is 3.18. The van der Waals surface area contributed by atoms with Crippen LogP contribution in [0.4, 0.5) is 0 Å². The van der Waals surface area contributed by atoms with Gasteiger partial charge in [-0.05, 0) is 37.6 Å². The van der Waals surface area contributed by atoms with Crippen molar-refractivity contribution in [3.05, 3.63) is 66.1 Å². The second kappa shape index (κ2) is 5.85. The highest BCUT2D eigenvalue weighted by Crippen LogP contribution is 2.17. The number of furan rings is 1. The number of rotatable bonds is 4. The third kappa shape index (κ3) is 2.76. The summed E-state index contributed by atoms with van der Waals surface area (Å²) in [5.41, 5.74) is 2.74. The molecule has 0 saturated heterocycles. The van der Waals surface area contributed by atoms with E-state index in [1.807, 2.05) is 38.1 Å². The maximum absolute atomic E-state index is 12.1. The van der Waals surface area contributed by atoms with Gasteiger partial charge in [0.2, 0.25) is 0 Å². The quantitative estimate of drug-likeness (QED) is 0.803. The second-order valence-corrected chi connectivity index (χ2v) is 5.06. The zero-order chi connectivity index (χ0) is 15.5. The molecule has 0 unspecified atom stereocenters. The van der Waals surface area contributed by atoms with E-state index in [0.717, 1.165) is 16.8 Å². The van der Waals surface area contributed by atoms with E-state index in [-0.39, 0.29) is 11.9 Å². The van der Waals surface area contributed by atoms with Crippen LogP contribution in [-0.2, 0) is 0 Å². The molecule has 0 aliphatic rings. The van der Waals surface area contributed by atoms with E-state index in [1.54, 1.807) is 17.1 Å². The Balaban J connectivity index is 1.71. The normalized spacial score (nSPS) is 12.1. The Morgan fingerprint density at radius 2 is 2.05 bits per heavy atom. The third-order valence-corrected chi connectivity index (χ3v) is 3.49. The highest BCUT2D eigenvalue weighted by Gasteiger charge is 2.16. The van der Waals surface area contributed by atoms with E-state index >= 15 is 0 Å². The molecule has 112 valence electrons. The first-order chi connectivity index (χ1) is 10.6. The Morgan fingerprint density at radius 1 is 1.27 bits per heavy atom. The number of amides is 1. The fraction of sp³-hybridized carbons (Fsp3) is 0.188. The molecule has 2 heterocycles. The summed E-state index contributed by atoms with van der Waals surface area (Å²) in [6, 6.07) is 9.43. The van der Waals surface area contributed by atoms with Crippen molar-refractivity contribution >= 4 is 5.91 Å². The molecule has 22 heavy (non-hydrogen) atoms. The number of aryl methyl sites for hydroxylation is 1. The number of benzene rings is 1.